The van der Waals surface area contributed by atoms with Crippen molar-refractivity contribution in [2.45, 2.75) is 45.4 Å². The molecular weight excluding hydrogens is 478 g/mol. The van der Waals surface area contributed by atoms with E-state index in [1.807, 2.05) is 32.9 Å². The fourth-order valence-corrected chi connectivity index (χ4v) is 4.60. The van der Waals surface area contributed by atoms with Crippen LogP contribution in [0, 0.1) is 19.7 Å². The van der Waals surface area contributed by atoms with E-state index in [1.165, 1.54) is 12.1 Å². The number of hydrogen-bond donors (Lipinski definition) is 2. The first-order valence-corrected chi connectivity index (χ1v) is 13.3. The minimum absolute atomic E-state index is 0.376. The minimum atomic E-state index is -1.42. The van der Waals surface area contributed by atoms with Crippen molar-refractivity contribution in [2.75, 3.05) is 20.1 Å². The maximum atomic E-state index is 13.4. The molecule has 0 bridgehead atoms. The highest BCUT2D eigenvalue weighted by atomic mass is 32.2. The molecule has 0 amide bonds. The number of allylic oxidation sites excluding steroid dienone is 4. The van der Waals surface area contributed by atoms with Gasteiger partial charge in [-0.3, -0.25) is 9.98 Å². The van der Waals surface area contributed by atoms with Crippen LogP contribution in [0.2, 0.25) is 0 Å². The van der Waals surface area contributed by atoms with Crippen LogP contribution in [-0.2, 0) is 11.0 Å². The SMILES string of the molecule is CN=C/C(P)=C(C)/N=C(/C=C(\C)NCCCCNS(=O)c1cc(F)ccc1C)c1ccccc1C. The van der Waals surface area contributed by atoms with E-state index in [0.717, 1.165) is 58.5 Å². The molecular formula is C27H36FN4OPS. The summed E-state index contributed by atoms with van der Waals surface area (Å²) < 4.78 is 28.8. The third-order valence-electron chi connectivity index (χ3n) is 5.34. The van der Waals surface area contributed by atoms with Gasteiger partial charge in [-0.05, 0) is 69.9 Å². The fourth-order valence-electron chi connectivity index (χ4n) is 3.32. The third-order valence-corrected chi connectivity index (χ3v) is 7.21. The first-order chi connectivity index (χ1) is 16.7. The van der Waals surface area contributed by atoms with Crippen LogP contribution in [0.4, 0.5) is 4.39 Å². The van der Waals surface area contributed by atoms with Crippen molar-refractivity contribution in [1.82, 2.24) is 10.0 Å². The number of benzene rings is 2. The quantitative estimate of drug-likeness (QED) is 0.219. The van der Waals surface area contributed by atoms with Crippen LogP contribution in [0.3, 0.4) is 0 Å². The monoisotopic (exact) mass is 514 g/mol. The molecule has 0 aliphatic rings. The molecule has 2 rings (SSSR count). The predicted octanol–water partition coefficient (Wildman–Crippen LogP) is 5.62. The summed E-state index contributed by atoms with van der Waals surface area (Å²) in [6, 6.07) is 12.6. The lowest BCUT2D eigenvalue weighted by molar-refractivity contribution is 0.619. The molecule has 2 N–H and O–H groups in total. The number of aliphatic imine (C=N–C) groups is 2. The van der Waals surface area contributed by atoms with Crippen LogP contribution in [0.15, 0.2) is 80.1 Å². The fraction of sp³-hybridized carbons (Fsp3) is 0.333. The minimum Gasteiger partial charge on any atom is -0.389 e. The van der Waals surface area contributed by atoms with E-state index in [-0.39, 0.29) is 5.82 Å². The van der Waals surface area contributed by atoms with Crippen molar-refractivity contribution in [2.24, 2.45) is 9.98 Å². The standard InChI is InChI=1S/C27H36FN4OPS/c1-19-10-6-7-11-24(19)25(32-22(4)26(34)18-29-5)16-21(3)30-14-8-9-15-31-35(33)27-17-23(28)13-12-20(27)2/h6-7,10-13,16-18,30-31H,8-9,14-15,34H2,1-5H3/b21-16+,26-22-,29-18?,32-25-. The molecule has 0 heterocycles. The van der Waals surface area contributed by atoms with Crippen molar-refractivity contribution in [3.8, 4) is 0 Å². The normalized spacial score (nSPS) is 14.3. The Morgan fingerprint density at radius 1 is 1.09 bits per heavy atom. The molecule has 5 nitrogen and oxygen atoms in total. The van der Waals surface area contributed by atoms with Gasteiger partial charge in [-0.1, -0.05) is 30.3 Å². The molecule has 0 spiro atoms. The summed E-state index contributed by atoms with van der Waals surface area (Å²) in [7, 11) is 3.01. The smallest absolute Gasteiger partial charge is 0.125 e. The summed E-state index contributed by atoms with van der Waals surface area (Å²) in [5, 5.41) is 4.39. The number of aryl methyl sites for hydroxylation is 2. The van der Waals surface area contributed by atoms with Gasteiger partial charge in [0.1, 0.15) is 16.8 Å². The van der Waals surface area contributed by atoms with Gasteiger partial charge in [0.25, 0.3) is 0 Å². The van der Waals surface area contributed by atoms with E-state index >= 15 is 0 Å². The largest absolute Gasteiger partial charge is 0.389 e. The molecule has 2 unspecified atom stereocenters. The summed E-state index contributed by atoms with van der Waals surface area (Å²) in [6.45, 7) is 9.28. The average molecular weight is 515 g/mol. The van der Waals surface area contributed by atoms with E-state index < -0.39 is 11.0 Å². The molecule has 0 saturated carbocycles. The molecule has 2 aromatic rings. The van der Waals surface area contributed by atoms with Gasteiger partial charge in [0.05, 0.1) is 10.6 Å². The van der Waals surface area contributed by atoms with Gasteiger partial charge in [-0.15, -0.1) is 9.24 Å². The van der Waals surface area contributed by atoms with Gasteiger partial charge in [-0.25, -0.2) is 13.3 Å². The van der Waals surface area contributed by atoms with Gasteiger partial charge >= 0.3 is 0 Å². The highest BCUT2D eigenvalue weighted by molar-refractivity contribution is 7.83. The lowest BCUT2D eigenvalue weighted by atomic mass is 10.0. The number of halogens is 1. The second kappa shape index (κ2) is 14.8. The van der Waals surface area contributed by atoms with Crippen molar-refractivity contribution >= 4 is 32.2 Å². The summed E-state index contributed by atoms with van der Waals surface area (Å²) >= 11 is 0. The van der Waals surface area contributed by atoms with E-state index in [9.17, 15) is 8.60 Å². The van der Waals surface area contributed by atoms with Gasteiger partial charge in [0.15, 0.2) is 0 Å². The van der Waals surface area contributed by atoms with Gasteiger partial charge in [0.2, 0.25) is 0 Å². The third kappa shape index (κ3) is 9.60. The first-order valence-electron chi connectivity index (χ1n) is 11.6. The van der Waals surface area contributed by atoms with Crippen molar-refractivity contribution in [1.29, 1.82) is 0 Å². The van der Waals surface area contributed by atoms with E-state index in [4.69, 9.17) is 4.99 Å². The molecule has 8 heteroatoms. The lowest BCUT2D eigenvalue weighted by Crippen LogP contribution is -2.21. The topological polar surface area (TPSA) is 65.8 Å². The van der Waals surface area contributed by atoms with Crippen LogP contribution < -0.4 is 10.0 Å². The molecule has 0 aromatic heterocycles. The molecule has 2 aromatic carbocycles. The molecule has 35 heavy (non-hydrogen) atoms. The number of unbranched alkanes of at least 4 members (excludes halogenated alkanes) is 1. The first kappa shape index (κ1) is 28.8. The zero-order chi connectivity index (χ0) is 25.8. The van der Waals surface area contributed by atoms with Crippen LogP contribution in [0.25, 0.3) is 0 Å². The predicted molar refractivity (Wildman–Crippen MR) is 151 cm³/mol. The molecule has 188 valence electrons. The Morgan fingerprint density at radius 3 is 2.51 bits per heavy atom. The summed E-state index contributed by atoms with van der Waals surface area (Å²) in [4.78, 5) is 9.45. The van der Waals surface area contributed by atoms with Crippen molar-refractivity contribution in [3.63, 3.8) is 0 Å². The number of hydrogen-bond acceptors (Lipinski definition) is 4. The van der Waals surface area contributed by atoms with Crippen LogP contribution in [-0.4, -0.2) is 36.3 Å². The molecule has 0 fully saturated rings. The maximum Gasteiger partial charge on any atom is 0.125 e. The Bertz CT molecular complexity index is 1160. The number of nitrogens with one attached hydrogen (secondary N) is 2. The molecule has 0 radical (unpaired) electrons. The molecule has 0 aliphatic carbocycles. The van der Waals surface area contributed by atoms with Crippen LogP contribution in [0.5, 0.6) is 0 Å². The Morgan fingerprint density at radius 2 is 1.80 bits per heavy atom. The highest BCUT2D eigenvalue weighted by Gasteiger charge is 2.09. The molecule has 0 saturated heterocycles. The number of rotatable bonds is 12. The zero-order valence-corrected chi connectivity index (χ0v) is 23.2. The second-order valence-electron chi connectivity index (χ2n) is 8.27. The summed E-state index contributed by atoms with van der Waals surface area (Å²) in [6.07, 6.45) is 5.58. The maximum absolute atomic E-state index is 13.4. The van der Waals surface area contributed by atoms with E-state index in [0.29, 0.717) is 11.4 Å². The second-order valence-corrected chi connectivity index (χ2v) is 10.2. The Kier molecular flexibility index (Phi) is 12.2. The van der Waals surface area contributed by atoms with Gasteiger partial charge in [0, 0.05) is 48.6 Å². The van der Waals surface area contributed by atoms with Crippen molar-refractivity contribution < 1.29 is 8.60 Å². The van der Waals surface area contributed by atoms with E-state index in [1.54, 1.807) is 19.3 Å². The molecule has 2 atom stereocenters. The number of nitrogens with zero attached hydrogens (tertiary/aromatic N) is 2. The van der Waals surface area contributed by atoms with Crippen LogP contribution >= 0.6 is 9.24 Å². The lowest BCUT2D eigenvalue weighted by Gasteiger charge is -2.11. The zero-order valence-electron chi connectivity index (χ0n) is 21.2. The van der Waals surface area contributed by atoms with Crippen molar-refractivity contribution in [3.05, 3.63) is 87.8 Å². The van der Waals surface area contributed by atoms with E-state index in [2.05, 4.69) is 49.4 Å². The van der Waals surface area contributed by atoms with Crippen LogP contribution in [0.1, 0.15) is 43.4 Å². The Hall–Kier alpha value is -2.47. The van der Waals surface area contributed by atoms with Gasteiger partial charge < -0.3 is 5.32 Å². The summed E-state index contributed by atoms with van der Waals surface area (Å²) in [5.74, 6) is -0.376. The Labute approximate surface area is 213 Å². The molecule has 0 aliphatic heterocycles. The highest BCUT2D eigenvalue weighted by Crippen LogP contribution is 2.17. The average Bonchev–Trinajstić information content (AvgIpc) is 2.82. The van der Waals surface area contributed by atoms with Gasteiger partial charge in [-0.2, -0.15) is 0 Å². The summed E-state index contributed by atoms with van der Waals surface area (Å²) in [5.41, 5.74) is 5.84. The Balaban J connectivity index is 1.96.